The largest absolute Gasteiger partial charge is 0.378 e. The monoisotopic (exact) mass is 260 g/mol. The lowest BCUT2D eigenvalue weighted by molar-refractivity contribution is 0.0104. The Morgan fingerprint density at radius 2 is 2.00 bits per heavy atom. The molecular weight excluding hydrogens is 236 g/mol. The molecule has 0 aliphatic carbocycles. The van der Waals surface area contributed by atoms with Crippen molar-refractivity contribution in [3.63, 3.8) is 0 Å². The molecule has 0 saturated carbocycles. The number of Topliss-reactive ketones (excluding diaryl/α,β-unsaturated/α-hetero) is 1. The first-order chi connectivity index (χ1) is 9.16. The molecule has 1 saturated heterocycles. The lowest BCUT2D eigenvalue weighted by atomic mass is 9.97. The van der Waals surface area contributed by atoms with Crippen molar-refractivity contribution in [2.45, 2.75) is 58.0 Å². The van der Waals surface area contributed by atoms with Gasteiger partial charge in [0.15, 0.2) is 5.78 Å². The number of hydrogen-bond donors (Lipinski definition) is 0. The molecule has 0 aromatic heterocycles. The van der Waals surface area contributed by atoms with Gasteiger partial charge in [0.2, 0.25) is 0 Å². The van der Waals surface area contributed by atoms with E-state index in [1.807, 2.05) is 12.1 Å². The number of hydrogen-bond acceptors (Lipinski definition) is 2. The van der Waals surface area contributed by atoms with Gasteiger partial charge in [-0.3, -0.25) is 4.79 Å². The molecule has 0 N–H and O–H groups in total. The average molecular weight is 260 g/mol. The first-order valence-corrected chi connectivity index (χ1v) is 7.41. The summed E-state index contributed by atoms with van der Waals surface area (Å²) in [4.78, 5) is 12.1. The smallest absolute Gasteiger partial charge is 0.162 e. The van der Waals surface area contributed by atoms with Gasteiger partial charge in [-0.2, -0.15) is 0 Å². The highest BCUT2D eigenvalue weighted by atomic mass is 16.5. The second kappa shape index (κ2) is 6.85. The van der Waals surface area contributed by atoms with Crippen molar-refractivity contribution in [3.05, 3.63) is 35.4 Å². The summed E-state index contributed by atoms with van der Waals surface area (Å²) in [6.07, 6.45) is 5.28. The number of rotatable bonds is 5. The molecule has 2 nitrogen and oxygen atoms in total. The van der Waals surface area contributed by atoms with Gasteiger partial charge >= 0.3 is 0 Å². The Labute approximate surface area is 116 Å². The van der Waals surface area contributed by atoms with Gasteiger partial charge in [0.25, 0.3) is 0 Å². The lowest BCUT2D eigenvalue weighted by Crippen LogP contribution is -2.20. The minimum Gasteiger partial charge on any atom is -0.378 e. The van der Waals surface area contributed by atoms with Gasteiger partial charge in [0, 0.05) is 18.6 Å². The summed E-state index contributed by atoms with van der Waals surface area (Å²) in [5, 5.41) is 0. The zero-order valence-corrected chi connectivity index (χ0v) is 12.0. The highest BCUT2D eigenvalue weighted by molar-refractivity contribution is 5.96. The molecule has 1 unspecified atom stereocenters. The van der Waals surface area contributed by atoms with Crippen LogP contribution in [0.5, 0.6) is 0 Å². The van der Waals surface area contributed by atoms with Gasteiger partial charge in [-0.05, 0) is 37.2 Å². The van der Waals surface area contributed by atoms with Crippen LogP contribution in [-0.2, 0) is 4.74 Å². The van der Waals surface area contributed by atoms with Crippen molar-refractivity contribution >= 4 is 5.78 Å². The van der Waals surface area contributed by atoms with Crippen molar-refractivity contribution in [1.82, 2.24) is 0 Å². The summed E-state index contributed by atoms with van der Waals surface area (Å²) in [5.41, 5.74) is 2.12. The normalized spacial score (nSPS) is 19.6. The van der Waals surface area contributed by atoms with Gasteiger partial charge in [-0.1, -0.05) is 38.1 Å². The molecule has 1 aromatic carbocycles. The Morgan fingerprint density at radius 3 is 2.58 bits per heavy atom. The Hall–Kier alpha value is -1.15. The zero-order valence-electron chi connectivity index (χ0n) is 12.0. The molecule has 1 aromatic rings. The van der Waals surface area contributed by atoms with Gasteiger partial charge < -0.3 is 4.74 Å². The number of carbonyl (C=O) groups excluding carboxylic acids is 1. The molecule has 19 heavy (non-hydrogen) atoms. The van der Waals surface area contributed by atoms with E-state index < -0.39 is 0 Å². The standard InChI is InChI=1S/C17H24O2/c1-13(2)14-6-8-15(9-7-14)17(18)11-10-16-5-3-4-12-19-16/h6-9,13,16H,3-5,10-12H2,1-2H3. The van der Waals surface area contributed by atoms with Gasteiger partial charge in [0.1, 0.15) is 0 Å². The summed E-state index contributed by atoms with van der Waals surface area (Å²) >= 11 is 0. The average Bonchev–Trinajstić information content (AvgIpc) is 2.46. The number of ether oxygens (including phenoxy) is 1. The maximum Gasteiger partial charge on any atom is 0.162 e. The van der Waals surface area contributed by atoms with Crippen LogP contribution >= 0.6 is 0 Å². The molecule has 2 rings (SSSR count). The zero-order chi connectivity index (χ0) is 13.7. The second-order valence-electron chi connectivity index (χ2n) is 5.73. The van der Waals surface area contributed by atoms with Crippen molar-refractivity contribution in [2.75, 3.05) is 6.61 Å². The maximum atomic E-state index is 12.1. The van der Waals surface area contributed by atoms with Gasteiger partial charge in [-0.25, -0.2) is 0 Å². The van der Waals surface area contributed by atoms with Crippen LogP contribution in [0.15, 0.2) is 24.3 Å². The van der Waals surface area contributed by atoms with Crippen LogP contribution in [0.25, 0.3) is 0 Å². The summed E-state index contributed by atoms with van der Waals surface area (Å²) in [6.45, 7) is 5.19. The van der Waals surface area contributed by atoms with Crippen LogP contribution in [0.4, 0.5) is 0 Å². The minimum atomic E-state index is 0.240. The SMILES string of the molecule is CC(C)c1ccc(C(=O)CCC2CCCCO2)cc1. The first-order valence-electron chi connectivity index (χ1n) is 7.41. The highest BCUT2D eigenvalue weighted by Crippen LogP contribution is 2.19. The Bertz CT molecular complexity index is 400. The van der Waals surface area contributed by atoms with E-state index in [0.717, 1.165) is 25.0 Å². The summed E-state index contributed by atoms with van der Waals surface area (Å²) in [5.74, 6) is 0.754. The van der Waals surface area contributed by atoms with Crippen molar-refractivity contribution in [1.29, 1.82) is 0 Å². The van der Waals surface area contributed by atoms with Crippen LogP contribution in [0, 0.1) is 0 Å². The van der Waals surface area contributed by atoms with E-state index in [1.54, 1.807) is 0 Å². The van der Waals surface area contributed by atoms with Crippen molar-refractivity contribution in [3.8, 4) is 0 Å². The highest BCUT2D eigenvalue weighted by Gasteiger charge is 2.16. The Kier molecular flexibility index (Phi) is 5.15. The summed E-state index contributed by atoms with van der Waals surface area (Å²) in [6, 6.07) is 8.04. The lowest BCUT2D eigenvalue weighted by Gasteiger charge is -2.22. The maximum absolute atomic E-state index is 12.1. The molecule has 104 valence electrons. The van der Waals surface area contributed by atoms with E-state index in [2.05, 4.69) is 26.0 Å². The van der Waals surface area contributed by atoms with Gasteiger partial charge in [0.05, 0.1) is 6.10 Å². The van der Waals surface area contributed by atoms with Crippen molar-refractivity contribution in [2.24, 2.45) is 0 Å². The molecule has 0 radical (unpaired) electrons. The van der Waals surface area contributed by atoms with Crippen LogP contribution in [0.2, 0.25) is 0 Å². The van der Waals surface area contributed by atoms with E-state index in [-0.39, 0.29) is 5.78 Å². The predicted octanol–water partition coefficient (Wildman–Crippen LogP) is 4.34. The van der Waals surface area contributed by atoms with Crippen molar-refractivity contribution < 1.29 is 9.53 Å². The number of benzene rings is 1. The molecule has 1 aliphatic rings. The first kappa shape index (κ1) is 14.3. The third kappa shape index (κ3) is 4.17. The summed E-state index contributed by atoms with van der Waals surface area (Å²) in [7, 11) is 0. The number of carbonyl (C=O) groups is 1. The van der Waals surface area contributed by atoms with Crippen LogP contribution < -0.4 is 0 Å². The van der Waals surface area contributed by atoms with E-state index in [4.69, 9.17) is 4.74 Å². The minimum absolute atomic E-state index is 0.240. The van der Waals surface area contributed by atoms with E-state index in [1.165, 1.54) is 18.4 Å². The molecule has 0 spiro atoms. The van der Waals surface area contributed by atoms with E-state index in [0.29, 0.717) is 18.4 Å². The quantitative estimate of drug-likeness (QED) is 0.736. The van der Waals surface area contributed by atoms with Crippen LogP contribution in [0.1, 0.15) is 67.8 Å². The molecule has 1 aliphatic heterocycles. The van der Waals surface area contributed by atoms with Crippen LogP contribution in [-0.4, -0.2) is 18.5 Å². The van der Waals surface area contributed by atoms with E-state index >= 15 is 0 Å². The van der Waals surface area contributed by atoms with Gasteiger partial charge in [-0.15, -0.1) is 0 Å². The molecule has 1 heterocycles. The fourth-order valence-electron chi connectivity index (χ4n) is 2.53. The Morgan fingerprint density at radius 1 is 1.26 bits per heavy atom. The molecule has 1 atom stereocenters. The molecule has 0 amide bonds. The molecule has 1 fully saturated rings. The predicted molar refractivity (Wildman–Crippen MR) is 77.7 cm³/mol. The van der Waals surface area contributed by atoms with E-state index in [9.17, 15) is 4.79 Å². The fraction of sp³-hybridized carbons (Fsp3) is 0.588. The molecule has 0 bridgehead atoms. The molecular formula is C17H24O2. The fourth-order valence-corrected chi connectivity index (χ4v) is 2.53. The number of ketones is 1. The Balaban J connectivity index is 1.85. The second-order valence-corrected chi connectivity index (χ2v) is 5.73. The third-order valence-electron chi connectivity index (χ3n) is 3.87. The third-order valence-corrected chi connectivity index (χ3v) is 3.87. The topological polar surface area (TPSA) is 26.3 Å². The summed E-state index contributed by atoms with van der Waals surface area (Å²) < 4.78 is 5.66. The van der Waals surface area contributed by atoms with Crippen LogP contribution in [0.3, 0.4) is 0 Å². The molecule has 2 heteroatoms.